The van der Waals surface area contributed by atoms with E-state index in [0.717, 1.165) is 38.5 Å². The van der Waals surface area contributed by atoms with Gasteiger partial charge < -0.3 is 24.6 Å². The Labute approximate surface area is 356 Å². The quantitative estimate of drug-likeness (QED) is 0.0234. The third-order valence-corrected chi connectivity index (χ3v) is 11.6. The number of esters is 2. The summed E-state index contributed by atoms with van der Waals surface area (Å²) in [6, 6.07) is 0. The van der Waals surface area contributed by atoms with E-state index < -0.39 is 51.8 Å². The molecule has 1 unspecified atom stereocenters. The maximum Gasteiger partial charge on any atom is 0.472 e. The van der Waals surface area contributed by atoms with Crippen LogP contribution in [0.25, 0.3) is 0 Å². The van der Waals surface area contributed by atoms with Crippen LogP contribution < -0.4 is 0 Å². The Balaban J connectivity index is 4.19. The third-order valence-electron chi connectivity index (χ3n) is 10.7. The van der Waals surface area contributed by atoms with Crippen LogP contribution in [0.5, 0.6) is 0 Å². The Hall–Kier alpha value is -1.29. The van der Waals surface area contributed by atoms with Crippen molar-refractivity contribution in [3.05, 3.63) is 12.2 Å². The van der Waals surface area contributed by atoms with E-state index in [-0.39, 0.29) is 19.4 Å². The summed E-state index contributed by atoms with van der Waals surface area (Å²) in [6.45, 7) is 2.42. The van der Waals surface area contributed by atoms with E-state index in [2.05, 4.69) is 26.0 Å². The van der Waals surface area contributed by atoms with E-state index in [1.165, 1.54) is 161 Å². The highest BCUT2D eigenvalue weighted by Crippen LogP contribution is 2.43. The number of carbonyl (C=O) groups is 2. The van der Waals surface area contributed by atoms with Gasteiger partial charge >= 0.3 is 19.8 Å². The number of hydrogen-bond donors (Lipinski definition) is 3. The summed E-state index contributed by atoms with van der Waals surface area (Å²) in [4.78, 5) is 35.1. The molecule has 0 heterocycles. The molecule has 0 aromatic rings. The van der Waals surface area contributed by atoms with Gasteiger partial charge in [0.2, 0.25) is 0 Å². The molecule has 0 saturated carbocycles. The van der Waals surface area contributed by atoms with Gasteiger partial charge in [-0.25, -0.2) is 4.57 Å². The third kappa shape index (κ3) is 42.8. The number of ether oxygens (including phenoxy) is 2. The monoisotopic (exact) mass is 847 g/mol. The summed E-state index contributed by atoms with van der Waals surface area (Å²) in [5.74, 6) is -0.913. The molecule has 0 fully saturated rings. The molecule has 3 atom stereocenters. The lowest BCUT2D eigenvalue weighted by molar-refractivity contribution is -0.161. The van der Waals surface area contributed by atoms with E-state index in [0.29, 0.717) is 12.8 Å². The zero-order valence-electron chi connectivity index (χ0n) is 37.5. The zero-order chi connectivity index (χ0) is 42.6. The van der Waals surface area contributed by atoms with Crippen LogP contribution in [0.15, 0.2) is 12.2 Å². The van der Waals surface area contributed by atoms with Gasteiger partial charge in [0.05, 0.1) is 19.8 Å². The number of phosphoric ester groups is 1. The van der Waals surface area contributed by atoms with Gasteiger partial charge in [0.25, 0.3) is 0 Å². The highest BCUT2D eigenvalue weighted by molar-refractivity contribution is 7.47. The Morgan fingerprint density at radius 1 is 0.500 bits per heavy atom. The first-order chi connectivity index (χ1) is 28.2. The number of unbranched alkanes of at least 4 members (excludes halogenated alkanes) is 30. The maximum absolute atomic E-state index is 12.6. The van der Waals surface area contributed by atoms with E-state index >= 15 is 0 Å². The molecule has 0 rings (SSSR count). The molecule has 0 aliphatic carbocycles. The molecule has 10 nitrogen and oxygen atoms in total. The molecule has 0 radical (unpaired) electrons. The maximum atomic E-state index is 12.6. The normalized spacial score (nSPS) is 13.8. The predicted octanol–water partition coefficient (Wildman–Crippen LogP) is 13.2. The number of rotatable bonds is 46. The molecule has 11 heteroatoms. The lowest BCUT2D eigenvalue weighted by Crippen LogP contribution is -2.29. The molecule has 3 N–H and O–H groups in total. The number of carbonyl (C=O) groups excluding carboxylic acids is 2. The van der Waals surface area contributed by atoms with Crippen LogP contribution in [-0.2, 0) is 32.7 Å². The van der Waals surface area contributed by atoms with Crippen LogP contribution >= 0.6 is 7.82 Å². The highest BCUT2D eigenvalue weighted by Gasteiger charge is 2.27. The standard InChI is InChI=1S/C47H91O10P/c1-3-5-7-9-11-13-15-17-19-21-22-23-25-26-28-30-32-34-36-38-46(50)54-42-45(43-56-58(52,53)55-41-44(49)40-48)57-47(51)39-37-35-33-31-29-27-24-20-18-16-14-12-10-8-6-4-2/h17,19,44-45,48-49H,3-16,18,20-43H2,1-2H3,(H,52,53)/b19-17+/t44-,45+/m0/s1. The van der Waals surface area contributed by atoms with E-state index in [1.54, 1.807) is 0 Å². The van der Waals surface area contributed by atoms with Crippen molar-refractivity contribution in [1.29, 1.82) is 0 Å². The van der Waals surface area contributed by atoms with Gasteiger partial charge in [-0.05, 0) is 38.5 Å². The summed E-state index contributed by atoms with van der Waals surface area (Å²) in [7, 11) is -4.61. The number of hydrogen-bond acceptors (Lipinski definition) is 9. The van der Waals surface area contributed by atoms with Crippen LogP contribution in [0, 0.1) is 0 Å². The average molecular weight is 847 g/mol. The van der Waals surface area contributed by atoms with Crippen molar-refractivity contribution in [3.8, 4) is 0 Å². The van der Waals surface area contributed by atoms with Crippen LogP contribution in [0.3, 0.4) is 0 Å². The van der Waals surface area contributed by atoms with Gasteiger partial charge in [-0.15, -0.1) is 0 Å². The Morgan fingerprint density at radius 2 is 0.845 bits per heavy atom. The lowest BCUT2D eigenvalue weighted by Gasteiger charge is -2.20. The molecule has 0 amide bonds. The fourth-order valence-corrected chi connectivity index (χ4v) is 7.72. The Bertz CT molecular complexity index is 977. The first kappa shape index (κ1) is 56.7. The Kier molecular flexibility index (Phi) is 42.8. The van der Waals surface area contributed by atoms with Crippen LogP contribution in [0.2, 0.25) is 0 Å². The molecule has 58 heavy (non-hydrogen) atoms. The molecule has 0 bridgehead atoms. The van der Waals surface area contributed by atoms with Crippen molar-refractivity contribution in [2.75, 3.05) is 26.4 Å². The van der Waals surface area contributed by atoms with Gasteiger partial charge in [0, 0.05) is 12.8 Å². The zero-order valence-corrected chi connectivity index (χ0v) is 38.4. The number of aliphatic hydroxyl groups excluding tert-OH is 2. The summed E-state index contributed by atoms with van der Waals surface area (Å²) >= 11 is 0. The lowest BCUT2D eigenvalue weighted by atomic mass is 10.0. The number of allylic oxidation sites excluding steroid dienone is 2. The van der Waals surface area contributed by atoms with E-state index in [9.17, 15) is 24.2 Å². The van der Waals surface area contributed by atoms with Crippen molar-refractivity contribution in [2.45, 2.75) is 251 Å². The minimum atomic E-state index is -4.61. The SMILES string of the molecule is CCCCCCCC/C=C/CCCCCCCCCCCC(=O)OC[C@H](COP(=O)(O)OC[C@@H](O)CO)OC(=O)CCCCCCCCCCCCCCCCCC. The molecule has 0 aliphatic heterocycles. The van der Waals surface area contributed by atoms with Gasteiger partial charge in [-0.1, -0.05) is 199 Å². The average Bonchev–Trinajstić information content (AvgIpc) is 3.21. The second-order valence-electron chi connectivity index (χ2n) is 16.5. The summed E-state index contributed by atoms with van der Waals surface area (Å²) in [5, 5.41) is 18.4. The van der Waals surface area contributed by atoms with E-state index in [1.807, 2.05) is 0 Å². The smallest absolute Gasteiger partial charge is 0.462 e. The molecular weight excluding hydrogens is 755 g/mol. The highest BCUT2D eigenvalue weighted by atomic mass is 31.2. The second kappa shape index (κ2) is 43.8. The van der Waals surface area contributed by atoms with E-state index in [4.69, 9.17) is 23.6 Å². The van der Waals surface area contributed by atoms with Gasteiger partial charge in [0.1, 0.15) is 12.7 Å². The van der Waals surface area contributed by atoms with Gasteiger partial charge in [-0.2, -0.15) is 0 Å². The summed E-state index contributed by atoms with van der Waals surface area (Å²) < 4.78 is 32.8. The van der Waals surface area contributed by atoms with Crippen molar-refractivity contribution in [1.82, 2.24) is 0 Å². The van der Waals surface area contributed by atoms with Crippen molar-refractivity contribution < 1.29 is 47.8 Å². The van der Waals surface area contributed by atoms with Crippen molar-refractivity contribution >= 4 is 19.8 Å². The first-order valence-electron chi connectivity index (χ1n) is 24.1. The minimum Gasteiger partial charge on any atom is -0.462 e. The molecule has 0 aromatic carbocycles. The number of phosphoric acid groups is 1. The number of aliphatic hydroxyl groups is 2. The summed E-state index contributed by atoms with van der Waals surface area (Å²) in [6.07, 6.45) is 43.1. The topological polar surface area (TPSA) is 149 Å². The van der Waals surface area contributed by atoms with Gasteiger partial charge in [0.15, 0.2) is 6.10 Å². The first-order valence-corrected chi connectivity index (χ1v) is 25.6. The van der Waals surface area contributed by atoms with Crippen LogP contribution in [0.1, 0.15) is 239 Å². The van der Waals surface area contributed by atoms with Crippen LogP contribution in [0.4, 0.5) is 0 Å². The fraction of sp³-hybridized carbons (Fsp3) is 0.915. The Morgan fingerprint density at radius 3 is 1.24 bits per heavy atom. The van der Waals surface area contributed by atoms with Crippen molar-refractivity contribution in [3.63, 3.8) is 0 Å². The largest absolute Gasteiger partial charge is 0.472 e. The minimum absolute atomic E-state index is 0.190. The second-order valence-corrected chi connectivity index (χ2v) is 17.9. The molecule has 0 aliphatic rings. The molecule has 0 aromatic heterocycles. The van der Waals surface area contributed by atoms with Crippen molar-refractivity contribution in [2.24, 2.45) is 0 Å². The molecule has 0 saturated heterocycles. The van der Waals surface area contributed by atoms with Crippen LogP contribution in [-0.4, -0.2) is 65.7 Å². The molecule has 344 valence electrons. The fourth-order valence-electron chi connectivity index (χ4n) is 6.93. The molecule has 0 spiro atoms. The predicted molar refractivity (Wildman–Crippen MR) is 238 cm³/mol. The molecular formula is C47H91O10P. The van der Waals surface area contributed by atoms with Gasteiger partial charge in [-0.3, -0.25) is 18.6 Å². The summed E-state index contributed by atoms with van der Waals surface area (Å²) in [5.41, 5.74) is 0.